The molecule has 0 aromatic carbocycles. The maximum absolute atomic E-state index is 13.3. The van der Waals surface area contributed by atoms with Crippen molar-refractivity contribution in [1.29, 1.82) is 0 Å². The Hall–Kier alpha value is -4.10. The number of nitrogens with two attached hydrogens (primary N) is 1. The van der Waals surface area contributed by atoms with Gasteiger partial charge in [-0.25, -0.2) is 4.79 Å². The Balaban J connectivity index is 1.31. The van der Waals surface area contributed by atoms with Crippen LogP contribution in [0.4, 0.5) is 0 Å². The lowest BCUT2D eigenvalue weighted by Crippen LogP contribution is -2.54. The van der Waals surface area contributed by atoms with E-state index in [0.717, 1.165) is 55.0 Å². The summed E-state index contributed by atoms with van der Waals surface area (Å²) in [7, 11) is 1.25. The number of methoxy groups -OCH3 is 1. The number of aliphatic hydroxyl groups excluding tert-OH is 2. The number of rotatable bonds is 27. The number of H-pyrrole nitrogens is 1. The SMILES string of the molecule is CCCCCCCCCCCCCCCCCCCC(=O)O[C@@H]1[C@H](OC)[C@@H]([C@@H](O[C@H]2OC(C(=O)N[C@H]3CCCCNC3=O)=C[C@H](O)[C@@H]2O)C(N)=O)O[C@H]1n1ccc(=O)[nH]c1=O. The molecule has 18 nitrogen and oxygen atoms in total. The van der Waals surface area contributed by atoms with Crippen LogP contribution in [0.25, 0.3) is 0 Å². The predicted octanol–water partition coefficient (Wildman–Crippen LogP) is 3.02. The smallest absolute Gasteiger partial charge is 0.330 e. The zero-order valence-corrected chi connectivity index (χ0v) is 35.9. The second kappa shape index (κ2) is 26.4. The summed E-state index contributed by atoms with van der Waals surface area (Å²) in [6, 6.07) is 0.181. The Morgan fingerprint density at radius 3 is 2.08 bits per heavy atom. The molecule has 3 amide bonds. The van der Waals surface area contributed by atoms with E-state index < -0.39 is 90.0 Å². The maximum Gasteiger partial charge on any atom is 0.330 e. The van der Waals surface area contributed by atoms with E-state index in [-0.39, 0.29) is 12.3 Å². The van der Waals surface area contributed by atoms with Crippen molar-refractivity contribution in [2.24, 2.45) is 5.73 Å². The van der Waals surface area contributed by atoms with Crippen molar-refractivity contribution < 1.29 is 53.1 Å². The number of carbonyl (C=O) groups is 4. The Labute approximate surface area is 357 Å². The van der Waals surface area contributed by atoms with Gasteiger partial charge in [-0.05, 0) is 31.8 Å². The number of aromatic nitrogens is 2. The number of amides is 3. The van der Waals surface area contributed by atoms with Crippen molar-refractivity contribution in [3.05, 3.63) is 44.9 Å². The van der Waals surface area contributed by atoms with Crippen molar-refractivity contribution in [1.82, 2.24) is 20.2 Å². The molecule has 0 bridgehead atoms. The van der Waals surface area contributed by atoms with Crippen LogP contribution in [0, 0.1) is 0 Å². The van der Waals surface area contributed by atoms with E-state index in [2.05, 4.69) is 22.5 Å². The van der Waals surface area contributed by atoms with Crippen molar-refractivity contribution in [3.8, 4) is 0 Å². The Kier molecular flexibility index (Phi) is 21.4. The zero-order chi connectivity index (χ0) is 44.1. The summed E-state index contributed by atoms with van der Waals surface area (Å²) < 4.78 is 30.1. The number of aliphatic hydroxyl groups is 2. The largest absolute Gasteiger partial charge is 0.456 e. The number of hydrogen-bond acceptors (Lipinski definition) is 13. The first-order chi connectivity index (χ1) is 29.4. The summed E-state index contributed by atoms with van der Waals surface area (Å²) in [6.45, 7) is 2.70. The molecule has 0 saturated carbocycles. The van der Waals surface area contributed by atoms with Crippen LogP contribution < -0.4 is 27.6 Å². The standard InChI is InChI=1S/C43H69N5O13/c1-3-4-5-6-7-8-9-10-11-12-13-14-15-16-17-18-19-23-32(51)59-37-34(57-2)35(60-41(37)48-26-24-31(50)47-43(48)56)36(38(44)53)61-42-33(52)29(49)27-30(58-42)40(55)46-28-22-20-21-25-45-39(28)54/h24,26-29,33-37,41-42,49,52H,3-23,25H2,1-2H3,(H2,44,53)(H,45,54)(H,46,55)(H,47,50,56)/t28-,29-,33-,34+,35-,36+,37+,41+,42+/m0/s1. The van der Waals surface area contributed by atoms with E-state index in [9.17, 15) is 39.0 Å². The van der Waals surface area contributed by atoms with Crippen LogP contribution in [-0.2, 0) is 42.9 Å². The van der Waals surface area contributed by atoms with Crippen LogP contribution in [0.2, 0.25) is 0 Å². The number of esters is 1. The molecule has 3 aliphatic heterocycles. The topological polar surface area (TPSA) is 260 Å². The molecule has 0 radical (unpaired) electrons. The second-order valence-corrected chi connectivity index (χ2v) is 16.3. The molecule has 3 aliphatic rings. The monoisotopic (exact) mass is 863 g/mol. The first-order valence-electron chi connectivity index (χ1n) is 22.4. The second-order valence-electron chi connectivity index (χ2n) is 16.3. The molecule has 2 saturated heterocycles. The molecule has 9 atom stereocenters. The highest BCUT2D eigenvalue weighted by Crippen LogP contribution is 2.36. The van der Waals surface area contributed by atoms with Crippen LogP contribution in [0.15, 0.2) is 33.7 Å². The van der Waals surface area contributed by atoms with E-state index in [4.69, 9.17) is 29.4 Å². The molecule has 4 heterocycles. The molecule has 344 valence electrons. The van der Waals surface area contributed by atoms with Gasteiger partial charge in [0, 0.05) is 32.3 Å². The van der Waals surface area contributed by atoms with Gasteiger partial charge in [-0.1, -0.05) is 110 Å². The summed E-state index contributed by atoms with van der Waals surface area (Å²) in [5.41, 5.74) is 4.17. The first kappa shape index (κ1) is 49.6. The van der Waals surface area contributed by atoms with Crippen LogP contribution in [0.5, 0.6) is 0 Å². The molecule has 0 aliphatic carbocycles. The fourth-order valence-electron chi connectivity index (χ4n) is 8.00. The number of nitrogens with one attached hydrogen (secondary N) is 3. The van der Waals surface area contributed by atoms with Gasteiger partial charge in [0.05, 0.1) is 0 Å². The van der Waals surface area contributed by atoms with Crippen molar-refractivity contribution in [2.45, 2.75) is 197 Å². The molecule has 0 spiro atoms. The molecule has 1 aromatic heterocycles. The van der Waals surface area contributed by atoms with E-state index in [1.54, 1.807) is 0 Å². The minimum Gasteiger partial charge on any atom is -0.456 e. The maximum atomic E-state index is 13.3. The highest BCUT2D eigenvalue weighted by Gasteiger charge is 2.54. The minimum absolute atomic E-state index is 0.0544. The van der Waals surface area contributed by atoms with Gasteiger partial charge < -0.3 is 50.3 Å². The van der Waals surface area contributed by atoms with Gasteiger partial charge >= 0.3 is 11.7 Å². The van der Waals surface area contributed by atoms with E-state index in [1.807, 2.05) is 0 Å². The summed E-state index contributed by atoms with van der Waals surface area (Å²) in [5, 5.41) is 26.7. The molecule has 1 aromatic rings. The number of carbonyl (C=O) groups excluding carboxylic acids is 4. The van der Waals surface area contributed by atoms with E-state index in [0.29, 0.717) is 25.8 Å². The van der Waals surface area contributed by atoms with Crippen LogP contribution in [0.3, 0.4) is 0 Å². The number of nitrogens with zero attached hydrogens (tertiary/aromatic N) is 1. The van der Waals surface area contributed by atoms with Gasteiger partial charge in [-0.15, -0.1) is 0 Å². The van der Waals surface area contributed by atoms with Crippen molar-refractivity contribution in [3.63, 3.8) is 0 Å². The number of primary amides is 1. The molecule has 18 heteroatoms. The molecular weight excluding hydrogens is 794 g/mol. The van der Waals surface area contributed by atoms with Crippen LogP contribution in [-0.4, -0.2) is 106 Å². The molecule has 61 heavy (non-hydrogen) atoms. The molecule has 0 unspecified atom stereocenters. The third-order valence-electron chi connectivity index (χ3n) is 11.5. The van der Waals surface area contributed by atoms with Crippen molar-refractivity contribution in [2.75, 3.05) is 13.7 Å². The first-order valence-corrected chi connectivity index (χ1v) is 22.4. The van der Waals surface area contributed by atoms with E-state index in [1.165, 1.54) is 84.2 Å². The quantitative estimate of drug-likeness (QED) is 0.0550. The van der Waals surface area contributed by atoms with Gasteiger partial charge in [-0.3, -0.25) is 33.5 Å². The lowest BCUT2D eigenvalue weighted by Gasteiger charge is -2.35. The number of unbranched alkanes of at least 4 members (excludes halogenated alkanes) is 16. The average Bonchev–Trinajstić information content (AvgIpc) is 3.44. The summed E-state index contributed by atoms with van der Waals surface area (Å²) in [5.74, 6) is -3.54. The Morgan fingerprint density at radius 2 is 1.51 bits per heavy atom. The lowest BCUT2D eigenvalue weighted by atomic mass is 10.0. The highest BCUT2D eigenvalue weighted by atomic mass is 16.7. The third-order valence-corrected chi connectivity index (χ3v) is 11.5. The van der Waals surface area contributed by atoms with Gasteiger partial charge in [0.25, 0.3) is 11.5 Å². The van der Waals surface area contributed by atoms with Gasteiger partial charge in [0.15, 0.2) is 24.2 Å². The van der Waals surface area contributed by atoms with Crippen LogP contribution >= 0.6 is 0 Å². The summed E-state index contributed by atoms with van der Waals surface area (Å²) >= 11 is 0. The number of hydrogen-bond donors (Lipinski definition) is 6. The normalized spacial score (nSPS) is 25.8. The molecule has 7 N–H and O–H groups in total. The van der Waals surface area contributed by atoms with Crippen LogP contribution in [0.1, 0.15) is 148 Å². The molecule has 2 fully saturated rings. The Bertz CT molecular complexity index is 1680. The summed E-state index contributed by atoms with van der Waals surface area (Å²) in [4.78, 5) is 78.9. The third kappa shape index (κ3) is 15.6. The van der Waals surface area contributed by atoms with Gasteiger partial charge in [0.2, 0.25) is 18.1 Å². The minimum atomic E-state index is -1.88. The summed E-state index contributed by atoms with van der Waals surface area (Å²) in [6.07, 6.45) is 11.2. The predicted molar refractivity (Wildman–Crippen MR) is 223 cm³/mol. The molecule has 4 rings (SSSR count). The van der Waals surface area contributed by atoms with E-state index >= 15 is 0 Å². The van der Waals surface area contributed by atoms with Crippen molar-refractivity contribution >= 4 is 23.7 Å². The fourth-order valence-corrected chi connectivity index (χ4v) is 8.00. The van der Waals surface area contributed by atoms with Gasteiger partial charge in [-0.2, -0.15) is 0 Å². The lowest BCUT2D eigenvalue weighted by molar-refractivity contribution is -0.241. The number of ether oxygens (including phenoxy) is 5. The Morgan fingerprint density at radius 1 is 0.902 bits per heavy atom. The molecular formula is C43H69N5O13. The zero-order valence-electron chi connectivity index (χ0n) is 35.9. The fraction of sp³-hybridized carbons (Fsp3) is 0.767. The van der Waals surface area contributed by atoms with Gasteiger partial charge in [0.1, 0.15) is 30.5 Å². The number of aromatic amines is 1. The highest BCUT2D eigenvalue weighted by molar-refractivity contribution is 5.95. The average molecular weight is 864 g/mol.